The Balaban J connectivity index is 0. The van der Waals surface area contributed by atoms with E-state index < -0.39 is 0 Å². The van der Waals surface area contributed by atoms with Gasteiger partial charge in [0.25, 0.3) is 0 Å². The van der Waals surface area contributed by atoms with E-state index in [4.69, 9.17) is 28.4 Å². The standard InChI is InChI=1S/C16H17NO3.3CO.Fe/c1-8-9(2)15(18)16(20-4)12-10-6-5-7-11(19-3)14(10)17-13(8)12;3*1-2;/h5-7,10,14H,1-4H3;;;;/t10-,14+;;;;/m1..../s1. The minimum atomic E-state index is -0.0891. The van der Waals surface area contributed by atoms with E-state index in [1.165, 1.54) is 0 Å². The number of carbonyl (C=O) groups is 1. The number of fused-ring (bicyclic) bond motifs is 3. The van der Waals surface area contributed by atoms with E-state index in [1.54, 1.807) is 14.2 Å². The number of methoxy groups -OCH3 is 2. The molecule has 2 aliphatic carbocycles. The van der Waals surface area contributed by atoms with E-state index in [0.29, 0.717) is 11.3 Å². The third-order valence-electron chi connectivity index (χ3n) is 4.22. The van der Waals surface area contributed by atoms with Crippen LogP contribution >= 0.6 is 0 Å². The first-order valence-electron chi connectivity index (χ1n) is 7.22. The second-order valence-corrected chi connectivity index (χ2v) is 5.13. The van der Waals surface area contributed by atoms with Gasteiger partial charge in [-0.15, -0.1) is 0 Å². The summed E-state index contributed by atoms with van der Waals surface area (Å²) in [7, 11) is 3.19. The van der Waals surface area contributed by atoms with Gasteiger partial charge in [-0.05, 0) is 25.5 Å². The molecule has 142 valence electrons. The summed E-state index contributed by atoms with van der Waals surface area (Å²) in [5, 5.41) is 0. The topological polar surface area (TPSA) is 108 Å². The van der Waals surface area contributed by atoms with Crippen LogP contribution in [0.2, 0.25) is 0 Å². The van der Waals surface area contributed by atoms with Crippen LogP contribution in [0.1, 0.15) is 13.8 Å². The number of ketones is 1. The first-order chi connectivity index (χ1) is 12.6. The molecule has 0 saturated carbocycles. The number of rotatable bonds is 2. The van der Waals surface area contributed by atoms with Gasteiger partial charge in [0.1, 0.15) is 11.8 Å². The molecule has 0 spiro atoms. The van der Waals surface area contributed by atoms with Crippen LogP contribution in [-0.2, 0) is 45.3 Å². The van der Waals surface area contributed by atoms with Crippen molar-refractivity contribution in [3.63, 3.8) is 0 Å². The molecule has 1 heterocycles. The molecular weight excluding hydrogens is 394 g/mol. The van der Waals surface area contributed by atoms with Crippen molar-refractivity contribution in [2.45, 2.75) is 19.9 Å². The summed E-state index contributed by atoms with van der Waals surface area (Å²) >= 11 is 0. The molecule has 0 aromatic rings. The monoisotopic (exact) mass is 411 g/mol. The van der Waals surface area contributed by atoms with Crippen LogP contribution in [0.3, 0.4) is 0 Å². The molecule has 7 nitrogen and oxygen atoms in total. The third kappa shape index (κ3) is 4.88. The maximum Gasteiger partial charge on any atom is 0 e. The normalized spacial score (nSPS) is 21.0. The van der Waals surface area contributed by atoms with Gasteiger partial charge < -0.3 is 9.47 Å². The fourth-order valence-electron chi connectivity index (χ4n) is 3.01. The molecule has 0 unspecified atom stereocenters. The quantitative estimate of drug-likeness (QED) is 0.301. The van der Waals surface area contributed by atoms with Crippen LogP contribution in [0.15, 0.2) is 51.5 Å². The van der Waals surface area contributed by atoms with Crippen molar-refractivity contribution < 1.29 is 45.3 Å². The van der Waals surface area contributed by atoms with Gasteiger partial charge in [-0.3, -0.25) is 9.79 Å². The van der Waals surface area contributed by atoms with Crippen molar-refractivity contribution in [3.8, 4) is 0 Å². The van der Waals surface area contributed by atoms with Crippen LogP contribution in [0, 0.1) is 25.9 Å². The average molecular weight is 411 g/mol. The van der Waals surface area contributed by atoms with Gasteiger partial charge in [-0.2, -0.15) is 0 Å². The van der Waals surface area contributed by atoms with Gasteiger partial charge in [0.2, 0.25) is 5.78 Å². The molecule has 0 N–H and O–H groups in total. The molecule has 0 bridgehead atoms. The predicted molar refractivity (Wildman–Crippen MR) is 88.1 cm³/mol. The largest absolute Gasteiger partial charge is 0 e. The van der Waals surface area contributed by atoms with Crippen LogP contribution in [-0.4, -0.2) is 31.8 Å². The summed E-state index contributed by atoms with van der Waals surface area (Å²) in [4.78, 5) is 17.1. The number of ether oxygens (including phenoxy) is 2. The number of Topliss-reactive ketones (excluding diaryl/α,β-unsaturated/α-hetero) is 1. The molecule has 1 aliphatic heterocycles. The van der Waals surface area contributed by atoms with Crippen molar-refractivity contribution in [1.82, 2.24) is 0 Å². The molecule has 2 atom stereocenters. The summed E-state index contributed by atoms with van der Waals surface area (Å²) in [6.45, 7) is 17.3. The predicted octanol–water partition coefficient (Wildman–Crippen LogP) is 2.23. The number of nitrogens with zero attached hydrogens (tertiary/aromatic N) is 1. The molecule has 8 heteroatoms. The molecule has 0 radical (unpaired) electrons. The Morgan fingerprint density at radius 1 is 1.00 bits per heavy atom. The zero-order valence-electron chi connectivity index (χ0n) is 15.1. The van der Waals surface area contributed by atoms with E-state index in [2.05, 4.69) is 26.0 Å². The smallest absolute Gasteiger partial charge is 0 e. The van der Waals surface area contributed by atoms with E-state index in [0.717, 1.165) is 22.6 Å². The SMILES string of the molecule is COC1=CC=C[C@@H]2C3=C(OC)C(=O)C(C)=C(C)C3=N[C@H]12.[C-]#[O+].[C-]#[O+].[C-]#[O+].[Fe]. The maximum absolute atomic E-state index is 12.4. The minimum absolute atomic E-state index is 0. The van der Waals surface area contributed by atoms with E-state index in [1.807, 2.05) is 26.0 Å². The Bertz CT molecular complexity index is 765. The van der Waals surface area contributed by atoms with Crippen molar-refractivity contribution in [2.75, 3.05) is 14.2 Å². The van der Waals surface area contributed by atoms with Crippen LogP contribution < -0.4 is 0 Å². The Labute approximate surface area is 168 Å². The van der Waals surface area contributed by atoms with Crippen molar-refractivity contribution in [3.05, 3.63) is 66.4 Å². The van der Waals surface area contributed by atoms with E-state index in [9.17, 15) is 4.79 Å². The third-order valence-corrected chi connectivity index (χ3v) is 4.22. The zero-order chi connectivity index (χ0) is 20.4. The Hall–Kier alpha value is -2.36. The van der Waals surface area contributed by atoms with Gasteiger partial charge in [0.15, 0.2) is 5.76 Å². The van der Waals surface area contributed by atoms with E-state index >= 15 is 0 Å². The molecule has 27 heavy (non-hydrogen) atoms. The second-order valence-electron chi connectivity index (χ2n) is 5.13. The molecule has 0 aromatic carbocycles. The fourth-order valence-corrected chi connectivity index (χ4v) is 3.01. The summed E-state index contributed by atoms with van der Waals surface area (Å²) in [6, 6.07) is -0.0891. The molecule has 3 aliphatic rings. The minimum Gasteiger partial charge on any atom is 0 e. The van der Waals surface area contributed by atoms with Crippen LogP contribution in [0.25, 0.3) is 0 Å². The van der Waals surface area contributed by atoms with Crippen molar-refractivity contribution >= 4 is 11.5 Å². The fraction of sp³-hybridized carbons (Fsp3) is 0.316. The summed E-state index contributed by atoms with van der Waals surface area (Å²) in [5.74, 6) is 1.22. The molecule has 0 saturated heterocycles. The van der Waals surface area contributed by atoms with Crippen LogP contribution in [0.5, 0.6) is 0 Å². The Kier molecular flexibility index (Phi) is 12.8. The van der Waals surface area contributed by atoms with Gasteiger partial charge in [-0.1, -0.05) is 12.2 Å². The van der Waals surface area contributed by atoms with Crippen LogP contribution in [0.4, 0.5) is 0 Å². The van der Waals surface area contributed by atoms with Gasteiger partial charge in [0.05, 0.1) is 19.9 Å². The molecular formula is C19H17FeNO6. The number of aliphatic imine (C=N–C) groups is 1. The second kappa shape index (κ2) is 12.9. The zero-order valence-corrected chi connectivity index (χ0v) is 16.2. The van der Waals surface area contributed by atoms with Crippen molar-refractivity contribution in [2.24, 2.45) is 10.9 Å². The van der Waals surface area contributed by atoms with E-state index in [-0.39, 0.29) is 34.8 Å². The number of hydrogen-bond donors (Lipinski definition) is 0. The Morgan fingerprint density at radius 3 is 2.04 bits per heavy atom. The van der Waals surface area contributed by atoms with Crippen molar-refractivity contribution in [1.29, 1.82) is 0 Å². The molecule has 0 amide bonds. The maximum atomic E-state index is 12.4. The molecule has 3 rings (SSSR count). The molecule has 0 aromatic heterocycles. The first kappa shape index (κ1) is 26.9. The Morgan fingerprint density at radius 2 is 1.56 bits per heavy atom. The molecule has 0 fully saturated rings. The number of allylic oxidation sites excluding steroid dienone is 4. The first-order valence-corrected chi connectivity index (χ1v) is 7.22. The summed E-state index contributed by atoms with van der Waals surface area (Å²) in [6.07, 6.45) is 5.92. The summed E-state index contributed by atoms with van der Waals surface area (Å²) < 4.78 is 33.3. The average Bonchev–Trinajstić information content (AvgIpc) is 3.11. The van der Waals surface area contributed by atoms with Gasteiger partial charge in [0, 0.05) is 34.1 Å². The number of carbonyl (C=O) groups excluding carboxylic acids is 1. The van der Waals surface area contributed by atoms with Gasteiger partial charge >= 0.3 is 33.9 Å². The number of hydrogen-bond acceptors (Lipinski definition) is 4. The summed E-state index contributed by atoms with van der Waals surface area (Å²) in [5.41, 5.74) is 3.41. The van der Waals surface area contributed by atoms with Gasteiger partial charge in [-0.25, -0.2) is 0 Å².